The van der Waals surface area contributed by atoms with Gasteiger partial charge >= 0.3 is 23.9 Å². The van der Waals surface area contributed by atoms with Crippen molar-refractivity contribution < 1.29 is 42.9 Å². The summed E-state index contributed by atoms with van der Waals surface area (Å²) < 4.78 is 24.9. The second-order valence-corrected chi connectivity index (χ2v) is 4.57. The number of hydrogen-bond acceptors (Lipinski definition) is 9. The van der Waals surface area contributed by atoms with Crippen LogP contribution in [0, 0.1) is 0 Å². The van der Waals surface area contributed by atoms with E-state index in [2.05, 4.69) is 4.74 Å². The largest absolute Gasteiger partial charge is 0.467 e. The molecule has 1 heterocycles. The Morgan fingerprint density at radius 3 is 1.82 bits per heavy atom. The van der Waals surface area contributed by atoms with Gasteiger partial charge in [-0.15, -0.1) is 0 Å². The van der Waals surface area contributed by atoms with Crippen LogP contribution in [0.15, 0.2) is 0 Å². The molecule has 0 aliphatic carbocycles. The van der Waals surface area contributed by atoms with Gasteiger partial charge in [-0.1, -0.05) is 0 Å². The zero-order chi connectivity index (χ0) is 16.9. The highest BCUT2D eigenvalue weighted by molar-refractivity contribution is 5.77. The number of ether oxygens (including phenoxy) is 5. The van der Waals surface area contributed by atoms with Gasteiger partial charge in [0.05, 0.1) is 13.7 Å². The lowest BCUT2D eigenvalue weighted by atomic mass is 9.99. The van der Waals surface area contributed by atoms with Gasteiger partial charge in [-0.05, 0) is 0 Å². The molecule has 9 heteroatoms. The average Bonchev–Trinajstić information content (AvgIpc) is 2.40. The lowest BCUT2D eigenvalue weighted by Gasteiger charge is -2.39. The summed E-state index contributed by atoms with van der Waals surface area (Å²) in [5.74, 6) is -2.85. The lowest BCUT2D eigenvalue weighted by Crippen LogP contribution is -2.59. The maximum atomic E-state index is 11.7. The van der Waals surface area contributed by atoms with Crippen molar-refractivity contribution in [1.29, 1.82) is 0 Å². The molecule has 1 aliphatic heterocycles. The van der Waals surface area contributed by atoms with E-state index in [-0.39, 0.29) is 6.61 Å². The Balaban J connectivity index is 3.09. The van der Waals surface area contributed by atoms with Crippen LogP contribution >= 0.6 is 0 Å². The predicted molar refractivity (Wildman–Crippen MR) is 68.4 cm³/mol. The summed E-state index contributed by atoms with van der Waals surface area (Å²) in [6, 6.07) is 0. The minimum Gasteiger partial charge on any atom is -0.467 e. The van der Waals surface area contributed by atoms with Gasteiger partial charge in [0.2, 0.25) is 0 Å². The summed E-state index contributed by atoms with van der Waals surface area (Å²) in [7, 11) is 1.13. The monoisotopic (exact) mass is 318 g/mol. The normalized spacial score (nSPS) is 27.5. The van der Waals surface area contributed by atoms with Crippen LogP contribution < -0.4 is 0 Å². The van der Waals surface area contributed by atoms with Crippen LogP contribution in [0.1, 0.15) is 20.8 Å². The highest BCUT2D eigenvalue weighted by atomic mass is 16.7. The van der Waals surface area contributed by atoms with Crippen molar-refractivity contribution >= 4 is 23.9 Å². The molecule has 1 saturated heterocycles. The molecule has 0 aromatic carbocycles. The first-order valence-corrected chi connectivity index (χ1v) is 6.47. The molecule has 0 saturated carbocycles. The number of rotatable bonds is 4. The van der Waals surface area contributed by atoms with Crippen LogP contribution in [0.4, 0.5) is 0 Å². The molecule has 0 N–H and O–H groups in total. The maximum Gasteiger partial charge on any atom is 0.339 e. The van der Waals surface area contributed by atoms with E-state index < -0.39 is 48.3 Å². The summed E-state index contributed by atoms with van der Waals surface area (Å²) in [6.07, 6.45) is -4.76. The molecule has 0 aromatic rings. The summed E-state index contributed by atoms with van der Waals surface area (Å²) in [5.41, 5.74) is 0. The fraction of sp³-hybridized carbons (Fsp3) is 0.692. The van der Waals surface area contributed by atoms with Crippen molar-refractivity contribution in [2.75, 3.05) is 13.7 Å². The number of carbonyl (C=O) groups is 4. The van der Waals surface area contributed by atoms with E-state index in [9.17, 15) is 19.2 Å². The van der Waals surface area contributed by atoms with Crippen molar-refractivity contribution in [2.24, 2.45) is 0 Å². The van der Waals surface area contributed by atoms with E-state index in [1.54, 1.807) is 0 Å². The fourth-order valence-corrected chi connectivity index (χ4v) is 2.06. The van der Waals surface area contributed by atoms with Crippen LogP contribution in [0.3, 0.4) is 0 Å². The molecular formula is C13H18O9. The standard InChI is InChI=1S/C13H18O9/c1-6(14)20-9-5-19-12(13(17)18-4)11(22-8(3)16)10(9)21-7(2)15/h9-12H,5H2,1-4H3. The second kappa shape index (κ2) is 7.74. The van der Waals surface area contributed by atoms with Crippen LogP contribution in [0.5, 0.6) is 0 Å². The third kappa shape index (κ3) is 4.69. The highest BCUT2D eigenvalue weighted by Crippen LogP contribution is 2.25. The Hall–Kier alpha value is -2.16. The highest BCUT2D eigenvalue weighted by Gasteiger charge is 2.50. The summed E-state index contributed by atoms with van der Waals surface area (Å²) >= 11 is 0. The number of esters is 4. The van der Waals surface area contributed by atoms with Crippen LogP contribution in [-0.4, -0.2) is 62.0 Å². The Kier molecular flexibility index (Phi) is 6.29. The van der Waals surface area contributed by atoms with Crippen molar-refractivity contribution in [3.05, 3.63) is 0 Å². The molecule has 4 unspecified atom stereocenters. The second-order valence-electron chi connectivity index (χ2n) is 4.57. The van der Waals surface area contributed by atoms with Crippen molar-refractivity contribution in [3.8, 4) is 0 Å². The first-order valence-electron chi connectivity index (χ1n) is 6.47. The topological polar surface area (TPSA) is 114 Å². The van der Waals surface area contributed by atoms with Crippen molar-refractivity contribution in [2.45, 2.75) is 45.2 Å². The van der Waals surface area contributed by atoms with Gasteiger partial charge in [-0.25, -0.2) is 4.79 Å². The molecule has 0 aromatic heterocycles. The molecular weight excluding hydrogens is 300 g/mol. The fourth-order valence-electron chi connectivity index (χ4n) is 2.06. The molecule has 22 heavy (non-hydrogen) atoms. The summed E-state index contributed by atoms with van der Waals surface area (Å²) in [4.78, 5) is 45.4. The molecule has 0 bridgehead atoms. The predicted octanol–water partition coefficient (Wildman–Crippen LogP) is -0.647. The lowest BCUT2D eigenvalue weighted by molar-refractivity contribution is -0.229. The van der Waals surface area contributed by atoms with E-state index in [0.29, 0.717) is 0 Å². The first kappa shape index (κ1) is 17.9. The molecule has 1 aliphatic rings. The van der Waals surface area contributed by atoms with Crippen LogP contribution in [-0.2, 0) is 42.9 Å². The summed E-state index contributed by atoms with van der Waals surface area (Å²) in [6.45, 7) is 3.21. The smallest absolute Gasteiger partial charge is 0.339 e. The molecule has 1 rings (SSSR count). The molecule has 9 nitrogen and oxygen atoms in total. The minimum atomic E-state index is -1.29. The third-order valence-electron chi connectivity index (χ3n) is 2.78. The van der Waals surface area contributed by atoms with E-state index in [1.165, 1.54) is 0 Å². The molecule has 0 spiro atoms. The van der Waals surface area contributed by atoms with Gasteiger partial charge in [0.25, 0.3) is 0 Å². The van der Waals surface area contributed by atoms with Crippen molar-refractivity contribution in [1.82, 2.24) is 0 Å². The van der Waals surface area contributed by atoms with E-state index in [0.717, 1.165) is 27.9 Å². The van der Waals surface area contributed by atoms with Crippen LogP contribution in [0.25, 0.3) is 0 Å². The molecule has 124 valence electrons. The van der Waals surface area contributed by atoms with Gasteiger partial charge in [0.15, 0.2) is 24.4 Å². The summed E-state index contributed by atoms with van der Waals surface area (Å²) in [5, 5.41) is 0. The van der Waals surface area contributed by atoms with Gasteiger partial charge in [0, 0.05) is 20.8 Å². The SMILES string of the molecule is COC(=O)C1OCC(OC(C)=O)C(OC(C)=O)C1OC(C)=O. The third-order valence-corrected chi connectivity index (χ3v) is 2.78. The van der Waals surface area contributed by atoms with E-state index >= 15 is 0 Å². The van der Waals surface area contributed by atoms with Gasteiger partial charge in [-0.2, -0.15) is 0 Å². The first-order chi connectivity index (χ1) is 10.3. The quantitative estimate of drug-likeness (QED) is 0.492. The maximum absolute atomic E-state index is 11.7. The van der Waals surface area contributed by atoms with E-state index in [1.807, 2.05) is 0 Å². The average molecular weight is 318 g/mol. The van der Waals surface area contributed by atoms with Gasteiger partial charge in [0.1, 0.15) is 0 Å². The Morgan fingerprint density at radius 2 is 1.36 bits per heavy atom. The Bertz CT molecular complexity index is 458. The van der Waals surface area contributed by atoms with Gasteiger partial charge in [-0.3, -0.25) is 14.4 Å². The Labute approximate surface area is 126 Å². The molecule has 0 amide bonds. The number of carbonyl (C=O) groups excluding carboxylic acids is 4. The van der Waals surface area contributed by atoms with E-state index in [4.69, 9.17) is 18.9 Å². The Morgan fingerprint density at radius 1 is 0.864 bits per heavy atom. The van der Waals surface area contributed by atoms with Gasteiger partial charge < -0.3 is 23.7 Å². The zero-order valence-corrected chi connectivity index (χ0v) is 12.7. The molecule has 1 fully saturated rings. The van der Waals surface area contributed by atoms with Crippen LogP contribution in [0.2, 0.25) is 0 Å². The molecule has 4 atom stereocenters. The number of methoxy groups -OCH3 is 1. The van der Waals surface area contributed by atoms with Crippen molar-refractivity contribution in [3.63, 3.8) is 0 Å². The molecule has 0 radical (unpaired) electrons. The zero-order valence-electron chi connectivity index (χ0n) is 12.7. The minimum absolute atomic E-state index is 0.213. The number of hydrogen-bond donors (Lipinski definition) is 0.